The standard InChI is InChI=1S/C18H21N3O4/c1-24-14-9-13(10-15(11-14)25-2)18(23)19-7-8-21-17(22)6-5-16(20-21)12-3-4-12/h5-6,9-12H,3-4,7-8H2,1-2H3,(H,19,23). The Hall–Kier alpha value is -2.83. The van der Waals surface area contributed by atoms with E-state index in [-0.39, 0.29) is 11.5 Å². The molecule has 1 saturated carbocycles. The van der Waals surface area contributed by atoms with Crippen molar-refractivity contribution in [3.05, 3.63) is 51.9 Å². The molecule has 0 atom stereocenters. The fraction of sp³-hybridized carbons (Fsp3) is 0.389. The second kappa shape index (κ2) is 7.38. The van der Waals surface area contributed by atoms with Crippen molar-refractivity contribution in [1.82, 2.24) is 15.1 Å². The maximum absolute atomic E-state index is 12.3. The second-order valence-electron chi connectivity index (χ2n) is 5.95. The topological polar surface area (TPSA) is 82.4 Å². The van der Waals surface area contributed by atoms with E-state index in [1.54, 1.807) is 24.3 Å². The first kappa shape index (κ1) is 17.0. The Labute approximate surface area is 145 Å². The minimum absolute atomic E-state index is 0.165. The van der Waals surface area contributed by atoms with Crippen LogP contribution in [0.15, 0.2) is 35.1 Å². The summed E-state index contributed by atoms with van der Waals surface area (Å²) in [6, 6.07) is 8.29. The smallest absolute Gasteiger partial charge is 0.266 e. The van der Waals surface area contributed by atoms with Crippen molar-refractivity contribution in [3.8, 4) is 11.5 Å². The number of nitrogens with one attached hydrogen (secondary N) is 1. The molecule has 1 heterocycles. The Morgan fingerprint density at radius 3 is 2.48 bits per heavy atom. The molecule has 0 spiro atoms. The van der Waals surface area contributed by atoms with Crippen LogP contribution in [0.3, 0.4) is 0 Å². The number of carbonyl (C=O) groups excluding carboxylic acids is 1. The maximum atomic E-state index is 12.3. The highest BCUT2D eigenvalue weighted by molar-refractivity contribution is 5.95. The van der Waals surface area contributed by atoms with Gasteiger partial charge in [-0.2, -0.15) is 5.10 Å². The quantitative estimate of drug-likeness (QED) is 0.825. The molecule has 1 aromatic heterocycles. The molecular formula is C18H21N3O4. The van der Waals surface area contributed by atoms with Gasteiger partial charge in [0, 0.05) is 30.2 Å². The fourth-order valence-corrected chi connectivity index (χ4v) is 2.54. The third kappa shape index (κ3) is 4.17. The van der Waals surface area contributed by atoms with E-state index in [9.17, 15) is 9.59 Å². The van der Waals surface area contributed by atoms with Crippen LogP contribution in [0.25, 0.3) is 0 Å². The van der Waals surface area contributed by atoms with Gasteiger partial charge in [-0.25, -0.2) is 4.68 Å². The summed E-state index contributed by atoms with van der Waals surface area (Å²) in [5, 5.41) is 7.16. The van der Waals surface area contributed by atoms with Crippen LogP contribution in [-0.4, -0.2) is 36.5 Å². The molecule has 0 unspecified atom stereocenters. The van der Waals surface area contributed by atoms with Gasteiger partial charge in [0.2, 0.25) is 0 Å². The lowest BCUT2D eigenvalue weighted by atomic mass is 10.2. The molecule has 0 radical (unpaired) electrons. The largest absolute Gasteiger partial charge is 0.497 e. The Bertz CT molecular complexity index is 805. The van der Waals surface area contributed by atoms with Gasteiger partial charge in [-0.05, 0) is 31.0 Å². The van der Waals surface area contributed by atoms with E-state index < -0.39 is 0 Å². The van der Waals surface area contributed by atoms with Gasteiger partial charge in [0.1, 0.15) is 11.5 Å². The Morgan fingerprint density at radius 1 is 1.20 bits per heavy atom. The molecule has 0 aliphatic heterocycles. The van der Waals surface area contributed by atoms with E-state index in [4.69, 9.17) is 9.47 Å². The third-order valence-electron chi connectivity index (χ3n) is 4.11. The molecule has 1 amide bonds. The number of nitrogens with zero attached hydrogens (tertiary/aromatic N) is 2. The number of rotatable bonds is 7. The SMILES string of the molecule is COc1cc(OC)cc(C(=O)NCCn2nc(C3CC3)ccc2=O)c1. The highest BCUT2D eigenvalue weighted by Crippen LogP contribution is 2.38. The fourth-order valence-electron chi connectivity index (χ4n) is 2.54. The summed E-state index contributed by atoms with van der Waals surface area (Å²) < 4.78 is 11.7. The van der Waals surface area contributed by atoms with Crippen LogP contribution in [0.5, 0.6) is 11.5 Å². The first-order valence-electron chi connectivity index (χ1n) is 8.20. The van der Waals surface area contributed by atoms with E-state index in [2.05, 4.69) is 10.4 Å². The molecule has 1 aliphatic rings. The monoisotopic (exact) mass is 343 g/mol. The number of hydrogen-bond acceptors (Lipinski definition) is 5. The molecule has 0 saturated heterocycles. The average molecular weight is 343 g/mol. The van der Waals surface area contributed by atoms with E-state index in [0.29, 0.717) is 36.1 Å². The number of carbonyl (C=O) groups is 1. The predicted molar refractivity (Wildman–Crippen MR) is 92.4 cm³/mol. The minimum atomic E-state index is -0.261. The molecule has 25 heavy (non-hydrogen) atoms. The second-order valence-corrected chi connectivity index (χ2v) is 5.95. The van der Waals surface area contributed by atoms with Crippen molar-refractivity contribution in [2.24, 2.45) is 0 Å². The highest BCUT2D eigenvalue weighted by Gasteiger charge is 2.25. The zero-order valence-electron chi connectivity index (χ0n) is 14.3. The lowest BCUT2D eigenvalue weighted by molar-refractivity contribution is 0.0951. The van der Waals surface area contributed by atoms with Crippen LogP contribution < -0.4 is 20.3 Å². The van der Waals surface area contributed by atoms with Crippen LogP contribution >= 0.6 is 0 Å². The van der Waals surface area contributed by atoms with Gasteiger partial charge >= 0.3 is 0 Å². The molecule has 7 heteroatoms. The van der Waals surface area contributed by atoms with Gasteiger partial charge in [0.05, 0.1) is 26.5 Å². The molecule has 1 aromatic carbocycles. The van der Waals surface area contributed by atoms with E-state index in [1.807, 2.05) is 0 Å². The molecule has 1 aliphatic carbocycles. The van der Waals surface area contributed by atoms with Gasteiger partial charge in [0.15, 0.2) is 0 Å². The van der Waals surface area contributed by atoms with E-state index >= 15 is 0 Å². The summed E-state index contributed by atoms with van der Waals surface area (Å²) in [4.78, 5) is 24.2. The molecule has 7 nitrogen and oxygen atoms in total. The van der Waals surface area contributed by atoms with Crippen LogP contribution in [-0.2, 0) is 6.54 Å². The summed E-state index contributed by atoms with van der Waals surface area (Å²) in [5.41, 5.74) is 1.22. The van der Waals surface area contributed by atoms with Crippen molar-refractivity contribution in [2.75, 3.05) is 20.8 Å². The average Bonchev–Trinajstić information content (AvgIpc) is 3.47. The van der Waals surface area contributed by atoms with Crippen molar-refractivity contribution >= 4 is 5.91 Å². The number of ether oxygens (including phenoxy) is 2. The van der Waals surface area contributed by atoms with Crippen molar-refractivity contribution in [3.63, 3.8) is 0 Å². The first-order chi connectivity index (χ1) is 12.1. The minimum Gasteiger partial charge on any atom is -0.497 e. The number of benzene rings is 1. The summed E-state index contributed by atoms with van der Waals surface area (Å²) in [6.07, 6.45) is 2.25. The summed E-state index contributed by atoms with van der Waals surface area (Å²) in [5.74, 6) is 1.30. The number of hydrogen-bond donors (Lipinski definition) is 1. The van der Waals surface area contributed by atoms with Gasteiger partial charge < -0.3 is 14.8 Å². The lowest BCUT2D eigenvalue weighted by Crippen LogP contribution is -2.32. The maximum Gasteiger partial charge on any atom is 0.266 e. The molecule has 2 aromatic rings. The lowest BCUT2D eigenvalue weighted by Gasteiger charge is -2.10. The van der Waals surface area contributed by atoms with Crippen LogP contribution in [0.4, 0.5) is 0 Å². The first-order valence-corrected chi connectivity index (χ1v) is 8.20. The van der Waals surface area contributed by atoms with Crippen molar-refractivity contribution in [1.29, 1.82) is 0 Å². The van der Waals surface area contributed by atoms with Gasteiger partial charge in [0.25, 0.3) is 11.5 Å². The zero-order valence-corrected chi connectivity index (χ0v) is 14.3. The Morgan fingerprint density at radius 2 is 1.88 bits per heavy atom. The Balaban J connectivity index is 1.63. The zero-order chi connectivity index (χ0) is 17.8. The summed E-state index contributed by atoms with van der Waals surface area (Å²) in [6.45, 7) is 0.631. The number of methoxy groups -OCH3 is 2. The highest BCUT2D eigenvalue weighted by atomic mass is 16.5. The molecule has 0 bridgehead atoms. The summed E-state index contributed by atoms with van der Waals surface area (Å²) in [7, 11) is 3.06. The predicted octanol–water partition coefficient (Wildman–Crippen LogP) is 1.57. The van der Waals surface area contributed by atoms with Crippen molar-refractivity contribution < 1.29 is 14.3 Å². The van der Waals surface area contributed by atoms with Crippen LogP contribution in [0.2, 0.25) is 0 Å². The van der Waals surface area contributed by atoms with Gasteiger partial charge in [-0.1, -0.05) is 0 Å². The van der Waals surface area contributed by atoms with Crippen LogP contribution in [0.1, 0.15) is 34.8 Å². The van der Waals surface area contributed by atoms with Gasteiger partial charge in [-0.3, -0.25) is 9.59 Å². The Kier molecular flexibility index (Phi) is 5.02. The normalized spacial score (nSPS) is 13.4. The van der Waals surface area contributed by atoms with Crippen LogP contribution in [0, 0.1) is 0 Å². The van der Waals surface area contributed by atoms with Gasteiger partial charge in [-0.15, -0.1) is 0 Å². The van der Waals surface area contributed by atoms with E-state index in [1.165, 1.54) is 25.0 Å². The molecular weight excluding hydrogens is 322 g/mol. The molecule has 1 fully saturated rings. The number of aromatic nitrogens is 2. The molecule has 1 N–H and O–H groups in total. The summed E-state index contributed by atoms with van der Waals surface area (Å²) >= 11 is 0. The van der Waals surface area contributed by atoms with E-state index in [0.717, 1.165) is 18.5 Å². The third-order valence-corrected chi connectivity index (χ3v) is 4.11. The molecule has 132 valence electrons. The van der Waals surface area contributed by atoms with Crippen molar-refractivity contribution in [2.45, 2.75) is 25.3 Å². The molecule has 3 rings (SSSR count). The number of amides is 1.